The smallest absolute Gasteiger partial charge is 0.508 e. The van der Waals surface area contributed by atoms with Crippen molar-refractivity contribution in [1.82, 2.24) is 4.90 Å². The molecule has 4 aromatic rings. The number of rotatable bonds is 12. The number of likely N-dealkylation sites (N-methyl/N-ethyl adjacent to an activating group) is 1. The summed E-state index contributed by atoms with van der Waals surface area (Å²) in [6.07, 6.45) is -3.59. The van der Waals surface area contributed by atoms with E-state index in [1.54, 1.807) is 24.3 Å². The van der Waals surface area contributed by atoms with Gasteiger partial charge < -0.3 is 34.5 Å². The number of alkyl halides is 3. The first-order valence-corrected chi connectivity index (χ1v) is 17.5. The van der Waals surface area contributed by atoms with Crippen molar-refractivity contribution in [2.75, 3.05) is 25.5 Å². The van der Waals surface area contributed by atoms with Crippen LogP contribution in [0, 0.1) is 5.82 Å². The number of hydrogen-bond donors (Lipinski definition) is 3. The Morgan fingerprint density at radius 2 is 1.54 bits per heavy atom. The number of anilines is 1. The number of quaternary nitrogens is 1. The summed E-state index contributed by atoms with van der Waals surface area (Å²) in [5, 5.41) is 12.6. The molecule has 52 heavy (non-hydrogen) atoms. The van der Waals surface area contributed by atoms with Gasteiger partial charge >= 0.3 is 22.5 Å². The number of halogens is 4. The molecule has 3 amide bonds. The highest BCUT2D eigenvalue weighted by Crippen LogP contribution is 2.29. The second kappa shape index (κ2) is 15.5. The molecule has 5 rings (SSSR count). The molecule has 16 heteroatoms. The number of carbonyl (C=O) groups excluding carboxylic acids is 2. The highest BCUT2D eigenvalue weighted by atomic mass is 32.2. The number of ether oxygens (including phenoxy) is 1. The third-order valence-electron chi connectivity index (χ3n) is 8.68. The lowest BCUT2D eigenvalue weighted by molar-refractivity contribution is -0.928. The van der Waals surface area contributed by atoms with Gasteiger partial charge in [0.15, 0.2) is 0 Å². The van der Waals surface area contributed by atoms with Gasteiger partial charge in [-0.05, 0) is 91.2 Å². The Morgan fingerprint density at radius 1 is 0.942 bits per heavy atom. The van der Waals surface area contributed by atoms with Gasteiger partial charge in [-0.3, -0.25) is 4.79 Å². The number of nitrogens with one attached hydrogen (secondary N) is 1. The monoisotopic (exact) mass is 745 g/mol. The van der Waals surface area contributed by atoms with E-state index in [1.165, 1.54) is 53.4 Å². The maximum absolute atomic E-state index is 14.1. The zero-order chi connectivity index (χ0) is 37.7. The van der Waals surface area contributed by atoms with Crippen molar-refractivity contribution in [2.24, 2.45) is 5.73 Å². The number of amides is 3. The normalized spacial score (nSPS) is 18.2. The molecule has 1 saturated heterocycles. The number of primary amides is 1. The highest BCUT2D eigenvalue weighted by molar-refractivity contribution is 7.87. The Balaban J connectivity index is 1.35. The molecule has 1 aliphatic rings. The molecule has 1 heterocycles. The van der Waals surface area contributed by atoms with Crippen LogP contribution in [-0.4, -0.2) is 73.4 Å². The number of carbonyl (C=O) groups is 2. The first kappa shape index (κ1) is 37.9. The molecule has 1 fully saturated rings. The topological polar surface area (TPSA) is 148 Å². The van der Waals surface area contributed by atoms with Gasteiger partial charge in [0, 0.05) is 17.7 Å². The van der Waals surface area contributed by atoms with Crippen LogP contribution < -0.4 is 20.0 Å². The van der Waals surface area contributed by atoms with Crippen LogP contribution in [0.25, 0.3) is 0 Å². The molecule has 1 unspecified atom stereocenters. The number of phenols is 1. The molecule has 4 N–H and O–H groups in total. The largest absolute Gasteiger partial charge is 0.573 e. The number of nitrogens with zero attached hydrogens (tertiary/aromatic N) is 2. The van der Waals surface area contributed by atoms with Crippen LogP contribution >= 0.6 is 0 Å². The summed E-state index contributed by atoms with van der Waals surface area (Å²) in [4.78, 5) is 28.2. The summed E-state index contributed by atoms with van der Waals surface area (Å²) in [6, 6.07) is 19.1. The van der Waals surface area contributed by atoms with Crippen LogP contribution in [0.5, 0.6) is 17.2 Å². The van der Waals surface area contributed by atoms with Crippen LogP contribution in [0.1, 0.15) is 24.0 Å². The predicted molar refractivity (Wildman–Crippen MR) is 182 cm³/mol. The van der Waals surface area contributed by atoms with Crippen molar-refractivity contribution >= 4 is 27.7 Å². The van der Waals surface area contributed by atoms with E-state index in [0.717, 1.165) is 42.8 Å². The van der Waals surface area contributed by atoms with Crippen molar-refractivity contribution in [2.45, 2.75) is 49.1 Å². The second-order valence-electron chi connectivity index (χ2n) is 12.8. The van der Waals surface area contributed by atoms with Gasteiger partial charge in [-0.2, -0.15) is 8.42 Å². The number of hydrogen-bond acceptors (Lipinski definition) is 7. The van der Waals surface area contributed by atoms with Gasteiger partial charge in [0.2, 0.25) is 5.91 Å². The number of nitrogens with two attached hydrogens (primary N) is 1. The standard InChI is InChI=1S/C36H36F4N4O7S/c1-44(22-25-4-8-26(37)9-5-25)20-2-3-28(23-44)43(33(34(41)46)21-24-6-12-29(45)13-7-24)35(47)42-27-10-14-31(15-11-27)51-52(48,49)32-18-16-30(17-19-32)50-36(38,39)40/h4-19,28,33H,2-3,20-23H2,1H3,(H3-,41,42,45,46,47)/p+1/t28-,33-,44?/m0/s1. The molecule has 0 radical (unpaired) electrons. The number of benzene rings is 4. The fraction of sp³-hybridized carbons (Fsp3) is 0.278. The Morgan fingerprint density at radius 3 is 2.13 bits per heavy atom. The van der Waals surface area contributed by atoms with E-state index in [9.17, 15) is 40.7 Å². The summed E-state index contributed by atoms with van der Waals surface area (Å²) >= 11 is 0. The van der Waals surface area contributed by atoms with Crippen LogP contribution in [-0.2, 0) is 27.9 Å². The van der Waals surface area contributed by atoms with Crippen molar-refractivity contribution in [3.8, 4) is 17.2 Å². The summed E-state index contributed by atoms with van der Waals surface area (Å²) in [5.74, 6) is -1.81. The van der Waals surface area contributed by atoms with E-state index in [0.29, 0.717) is 29.6 Å². The number of likely N-dealkylation sites (tertiary alicyclic amines) is 1. The molecule has 0 saturated carbocycles. The maximum atomic E-state index is 14.1. The first-order chi connectivity index (χ1) is 24.5. The molecular formula is C36H37F4N4O7S+. The van der Waals surface area contributed by atoms with E-state index in [4.69, 9.17) is 9.92 Å². The molecule has 0 aliphatic carbocycles. The lowest BCUT2D eigenvalue weighted by atomic mass is 9.96. The Labute approximate surface area is 297 Å². The fourth-order valence-corrected chi connectivity index (χ4v) is 7.25. The summed E-state index contributed by atoms with van der Waals surface area (Å²) in [6.45, 7) is 1.79. The van der Waals surface area contributed by atoms with Crippen molar-refractivity contribution in [1.29, 1.82) is 0 Å². The predicted octanol–water partition coefficient (Wildman–Crippen LogP) is 5.94. The SMILES string of the molecule is C[N+]1(Cc2ccc(F)cc2)CCC[C@H](N(C(=O)Nc2ccc(OS(=O)(=O)c3ccc(OC(F)(F)F)cc3)cc2)[C@@H](Cc2ccc(O)cc2)C(N)=O)C1. The van der Waals surface area contributed by atoms with E-state index >= 15 is 0 Å². The van der Waals surface area contributed by atoms with Gasteiger partial charge in [0.1, 0.15) is 40.5 Å². The minimum absolute atomic E-state index is 0.0313. The quantitative estimate of drug-likeness (QED) is 0.0925. The summed E-state index contributed by atoms with van der Waals surface area (Å²) < 4.78 is 86.0. The minimum atomic E-state index is -4.94. The van der Waals surface area contributed by atoms with E-state index < -0.39 is 51.1 Å². The van der Waals surface area contributed by atoms with Gasteiger partial charge in [-0.1, -0.05) is 24.3 Å². The van der Waals surface area contributed by atoms with Crippen LogP contribution in [0.3, 0.4) is 0 Å². The average molecular weight is 746 g/mol. The zero-order valence-corrected chi connectivity index (χ0v) is 28.7. The molecule has 3 atom stereocenters. The number of piperidine rings is 1. The number of aromatic hydroxyl groups is 1. The molecule has 0 spiro atoms. The van der Waals surface area contributed by atoms with Crippen molar-refractivity contribution in [3.63, 3.8) is 0 Å². The maximum Gasteiger partial charge on any atom is 0.573 e. The van der Waals surface area contributed by atoms with Gasteiger partial charge in [0.25, 0.3) is 0 Å². The van der Waals surface area contributed by atoms with Gasteiger partial charge in [-0.25, -0.2) is 9.18 Å². The molecule has 11 nitrogen and oxygen atoms in total. The highest BCUT2D eigenvalue weighted by Gasteiger charge is 2.41. The second-order valence-corrected chi connectivity index (χ2v) is 14.4. The van der Waals surface area contributed by atoms with Crippen LogP contribution in [0.15, 0.2) is 102 Å². The molecule has 0 aromatic heterocycles. The van der Waals surface area contributed by atoms with Crippen LogP contribution in [0.2, 0.25) is 0 Å². The lowest BCUT2D eigenvalue weighted by Gasteiger charge is -2.46. The van der Waals surface area contributed by atoms with Crippen molar-refractivity contribution < 1.29 is 54.1 Å². The molecule has 0 bridgehead atoms. The fourth-order valence-electron chi connectivity index (χ4n) is 6.32. The Hall–Kier alpha value is -5.35. The lowest BCUT2D eigenvalue weighted by Crippen LogP contribution is -2.62. The third-order valence-corrected chi connectivity index (χ3v) is 9.94. The van der Waals surface area contributed by atoms with E-state index in [1.807, 2.05) is 7.05 Å². The Bertz CT molecular complexity index is 1960. The molecule has 1 aliphatic heterocycles. The summed E-state index contributed by atoms with van der Waals surface area (Å²) in [7, 11) is -2.42. The Kier molecular flexibility index (Phi) is 11.3. The number of urea groups is 1. The zero-order valence-electron chi connectivity index (χ0n) is 27.9. The van der Waals surface area contributed by atoms with Gasteiger partial charge in [-0.15, -0.1) is 13.2 Å². The van der Waals surface area contributed by atoms with E-state index in [2.05, 4.69) is 10.1 Å². The van der Waals surface area contributed by atoms with E-state index in [-0.39, 0.29) is 29.4 Å². The molecule has 276 valence electrons. The number of phenolic OH excluding ortho intramolecular Hbond substituents is 1. The van der Waals surface area contributed by atoms with Crippen LogP contribution in [0.4, 0.5) is 28.0 Å². The van der Waals surface area contributed by atoms with Gasteiger partial charge in [0.05, 0.1) is 26.2 Å². The average Bonchev–Trinajstić information content (AvgIpc) is 3.06. The summed E-state index contributed by atoms with van der Waals surface area (Å²) in [5.41, 5.74) is 7.74. The molecule has 4 aromatic carbocycles. The first-order valence-electron chi connectivity index (χ1n) is 16.1. The van der Waals surface area contributed by atoms with Crippen molar-refractivity contribution in [3.05, 3.63) is 114 Å². The third kappa shape index (κ3) is 10.1. The molecular weight excluding hydrogens is 708 g/mol. The minimum Gasteiger partial charge on any atom is -0.508 e.